The van der Waals surface area contributed by atoms with Crippen LogP contribution in [0.5, 0.6) is 0 Å². The number of fused-ring (bicyclic) bond motifs is 1. The first-order valence-corrected chi connectivity index (χ1v) is 9.75. The molecule has 30 heavy (non-hydrogen) atoms. The highest BCUT2D eigenvalue weighted by atomic mass is 16.3. The third-order valence-electron chi connectivity index (χ3n) is 5.58. The molecule has 3 N–H and O–H groups in total. The van der Waals surface area contributed by atoms with Crippen molar-refractivity contribution in [3.63, 3.8) is 0 Å². The molecular formula is C24H21N3O3. The maximum Gasteiger partial charge on any atom is 0.269 e. The van der Waals surface area contributed by atoms with Gasteiger partial charge in [0, 0.05) is 28.9 Å². The number of carbonyl (C=O) groups is 2. The van der Waals surface area contributed by atoms with Crippen molar-refractivity contribution in [2.45, 2.75) is 31.8 Å². The summed E-state index contributed by atoms with van der Waals surface area (Å²) in [5.74, 6) is -1.41. The molecule has 1 heterocycles. The highest BCUT2D eigenvalue weighted by molar-refractivity contribution is 6.05. The van der Waals surface area contributed by atoms with E-state index in [-0.39, 0.29) is 23.3 Å². The topological polar surface area (TPSA) is 109 Å². The first kappa shape index (κ1) is 19.6. The molecule has 0 spiro atoms. The Labute approximate surface area is 174 Å². The number of aryl methyl sites for hydroxylation is 1. The number of nitrogens with zero attached hydrogens (tertiary/aromatic N) is 2. The van der Waals surface area contributed by atoms with Gasteiger partial charge >= 0.3 is 0 Å². The first-order valence-electron chi connectivity index (χ1n) is 9.75. The third kappa shape index (κ3) is 2.92. The van der Waals surface area contributed by atoms with Gasteiger partial charge in [-0.3, -0.25) is 9.59 Å². The highest BCUT2D eigenvalue weighted by Gasteiger charge is 2.46. The monoisotopic (exact) mass is 399 g/mol. The number of aliphatic hydroxyl groups is 1. The van der Waals surface area contributed by atoms with Crippen molar-refractivity contribution in [3.05, 3.63) is 77.0 Å². The van der Waals surface area contributed by atoms with Crippen LogP contribution in [0.25, 0.3) is 16.9 Å². The Kier molecular flexibility index (Phi) is 4.76. The van der Waals surface area contributed by atoms with E-state index in [9.17, 15) is 20.0 Å². The summed E-state index contributed by atoms with van der Waals surface area (Å²) in [4.78, 5) is 25.2. The molecule has 2 aromatic carbocycles. The van der Waals surface area contributed by atoms with Crippen molar-refractivity contribution in [1.82, 2.24) is 4.57 Å². The number of benzene rings is 2. The number of ketones is 1. The van der Waals surface area contributed by atoms with Gasteiger partial charge in [0.05, 0.1) is 5.69 Å². The maximum absolute atomic E-state index is 13.0. The van der Waals surface area contributed by atoms with Gasteiger partial charge in [0.2, 0.25) is 0 Å². The summed E-state index contributed by atoms with van der Waals surface area (Å²) >= 11 is 0. The van der Waals surface area contributed by atoms with Crippen LogP contribution in [0.1, 0.15) is 40.0 Å². The van der Waals surface area contributed by atoms with Crippen LogP contribution in [0.4, 0.5) is 0 Å². The average Bonchev–Trinajstić information content (AvgIpc) is 3.11. The average molecular weight is 399 g/mol. The van der Waals surface area contributed by atoms with Gasteiger partial charge in [-0.25, -0.2) is 0 Å². The lowest BCUT2D eigenvalue weighted by Gasteiger charge is -2.20. The molecule has 0 saturated carbocycles. The lowest BCUT2D eigenvalue weighted by Crippen LogP contribution is -2.41. The molecule has 0 radical (unpaired) electrons. The second-order valence-corrected chi connectivity index (χ2v) is 7.55. The van der Waals surface area contributed by atoms with Crippen molar-refractivity contribution in [3.8, 4) is 23.0 Å². The van der Waals surface area contributed by atoms with E-state index in [2.05, 4.69) is 0 Å². The number of rotatable bonds is 4. The van der Waals surface area contributed by atoms with Crippen LogP contribution in [0.2, 0.25) is 0 Å². The van der Waals surface area contributed by atoms with E-state index in [4.69, 9.17) is 5.73 Å². The second kappa shape index (κ2) is 7.29. The first-order chi connectivity index (χ1) is 14.4. The molecule has 6 nitrogen and oxygen atoms in total. The summed E-state index contributed by atoms with van der Waals surface area (Å²) in [7, 11) is 0. The molecule has 6 heteroatoms. The SMILES string of the molecule is Cc1ccc(-n2c3c(c(C(O)(C#N)C(N)=O)c2-c2ccccc2)C(=O)CCC3)cc1. The van der Waals surface area contributed by atoms with E-state index in [0.29, 0.717) is 29.8 Å². The number of nitriles is 1. The summed E-state index contributed by atoms with van der Waals surface area (Å²) < 4.78 is 1.88. The van der Waals surface area contributed by atoms with Crippen molar-refractivity contribution in [2.24, 2.45) is 5.73 Å². The Hall–Kier alpha value is -3.69. The van der Waals surface area contributed by atoms with E-state index < -0.39 is 11.5 Å². The zero-order chi connectivity index (χ0) is 21.5. The molecule has 1 unspecified atom stereocenters. The number of amides is 1. The molecule has 0 saturated heterocycles. The Morgan fingerprint density at radius 1 is 1.13 bits per heavy atom. The molecule has 1 atom stereocenters. The number of hydrogen-bond donors (Lipinski definition) is 2. The fraction of sp³-hybridized carbons (Fsp3) is 0.208. The van der Waals surface area contributed by atoms with Crippen molar-refractivity contribution >= 4 is 11.7 Å². The van der Waals surface area contributed by atoms with Gasteiger partial charge in [-0.15, -0.1) is 0 Å². The van der Waals surface area contributed by atoms with Gasteiger partial charge in [0.25, 0.3) is 11.5 Å². The third-order valence-corrected chi connectivity index (χ3v) is 5.58. The molecule has 1 aliphatic carbocycles. The molecule has 3 aromatic rings. The Morgan fingerprint density at radius 3 is 2.40 bits per heavy atom. The summed E-state index contributed by atoms with van der Waals surface area (Å²) in [6.45, 7) is 1.98. The van der Waals surface area contributed by atoms with Gasteiger partial charge in [-0.2, -0.15) is 5.26 Å². The van der Waals surface area contributed by atoms with Crippen LogP contribution in [-0.2, 0) is 16.8 Å². The smallest absolute Gasteiger partial charge is 0.269 e. The molecule has 1 aromatic heterocycles. The van der Waals surface area contributed by atoms with Gasteiger partial charge in [0.1, 0.15) is 6.07 Å². The minimum Gasteiger partial charge on any atom is -0.366 e. The molecule has 0 bridgehead atoms. The quantitative estimate of drug-likeness (QED) is 0.657. The second-order valence-electron chi connectivity index (χ2n) is 7.55. The van der Waals surface area contributed by atoms with Crippen molar-refractivity contribution < 1.29 is 14.7 Å². The lowest BCUT2D eigenvalue weighted by molar-refractivity contribution is -0.131. The summed E-state index contributed by atoms with van der Waals surface area (Å²) in [5.41, 5.74) is 6.68. The van der Waals surface area contributed by atoms with Crippen LogP contribution < -0.4 is 5.73 Å². The van der Waals surface area contributed by atoms with E-state index >= 15 is 0 Å². The molecule has 150 valence electrons. The predicted molar refractivity (Wildman–Crippen MR) is 112 cm³/mol. The summed E-state index contributed by atoms with van der Waals surface area (Å²) in [5, 5.41) is 20.9. The number of nitrogens with two attached hydrogens (primary N) is 1. The Bertz CT molecular complexity index is 1190. The van der Waals surface area contributed by atoms with Gasteiger partial charge in [-0.05, 0) is 37.5 Å². The molecular weight excluding hydrogens is 378 g/mol. The van der Waals surface area contributed by atoms with Crippen molar-refractivity contribution in [2.75, 3.05) is 0 Å². The maximum atomic E-state index is 13.0. The van der Waals surface area contributed by atoms with Gasteiger partial charge in [-0.1, -0.05) is 48.0 Å². The Morgan fingerprint density at radius 2 is 1.80 bits per heavy atom. The van der Waals surface area contributed by atoms with E-state index in [0.717, 1.165) is 11.3 Å². The number of aromatic nitrogens is 1. The zero-order valence-corrected chi connectivity index (χ0v) is 16.6. The molecule has 1 amide bonds. The van der Waals surface area contributed by atoms with Crippen LogP contribution in [0.3, 0.4) is 0 Å². The summed E-state index contributed by atoms with van der Waals surface area (Å²) in [6.07, 6.45) is 1.51. The van der Waals surface area contributed by atoms with E-state index in [1.807, 2.05) is 66.1 Å². The van der Waals surface area contributed by atoms with Crippen LogP contribution in [0, 0.1) is 18.3 Å². The Balaban J connectivity index is 2.20. The summed E-state index contributed by atoms with van der Waals surface area (Å²) in [6, 6.07) is 18.5. The highest BCUT2D eigenvalue weighted by Crippen LogP contribution is 2.43. The fourth-order valence-electron chi connectivity index (χ4n) is 4.13. The number of primary amides is 1. The minimum absolute atomic E-state index is 0.0241. The zero-order valence-electron chi connectivity index (χ0n) is 16.6. The van der Waals surface area contributed by atoms with Gasteiger partial charge < -0.3 is 15.4 Å². The molecule has 0 aliphatic heterocycles. The largest absolute Gasteiger partial charge is 0.366 e. The minimum atomic E-state index is -2.63. The van der Waals surface area contributed by atoms with Crippen LogP contribution in [0.15, 0.2) is 54.6 Å². The fourth-order valence-corrected chi connectivity index (χ4v) is 4.13. The number of hydrogen-bond acceptors (Lipinski definition) is 4. The van der Waals surface area contributed by atoms with Gasteiger partial charge in [0.15, 0.2) is 5.78 Å². The van der Waals surface area contributed by atoms with Crippen LogP contribution in [-0.4, -0.2) is 21.4 Å². The molecule has 4 rings (SSSR count). The van der Waals surface area contributed by atoms with Crippen LogP contribution >= 0.6 is 0 Å². The number of Topliss-reactive ketones (excluding diaryl/α,β-unsaturated/α-hetero) is 1. The predicted octanol–water partition coefficient (Wildman–Crippen LogP) is 3.17. The molecule has 0 fully saturated rings. The normalized spacial score (nSPS) is 15.2. The number of carbonyl (C=O) groups excluding carboxylic acids is 2. The lowest BCUT2D eigenvalue weighted by atomic mass is 9.84. The van der Waals surface area contributed by atoms with E-state index in [1.165, 1.54) is 0 Å². The molecule has 1 aliphatic rings. The van der Waals surface area contributed by atoms with Crippen molar-refractivity contribution in [1.29, 1.82) is 5.26 Å². The van der Waals surface area contributed by atoms with E-state index in [1.54, 1.807) is 6.07 Å². The standard InChI is InChI=1S/C24H21N3O3/c1-15-10-12-17(13-11-15)27-18-8-5-9-19(28)20(18)21(24(30,14-25)23(26)29)22(27)16-6-3-2-4-7-16/h2-4,6-7,10-13,30H,5,8-9H2,1H3,(H2,26,29).